The summed E-state index contributed by atoms with van der Waals surface area (Å²) in [4.78, 5) is 0. The zero-order valence-electron chi connectivity index (χ0n) is 8.89. The van der Waals surface area contributed by atoms with E-state index in [9.17, 15) is 4.39 Å². The standard InChI is InChI=1S/C11H15ClFNO/c1-3-15-10-5-4-9(13)11(12)8(10)6-7(2)14/h4-5,7H,3,6,14H2,1-2H3. The Morgan fingerprint density at radius 1 is 1.53 bits per heavy atom. The number of nitrogens with two attached hydrogens (primary N) is 1. The van der Waals surface area contributed by atoms with Gasteiger partial charge in [-0.2, -0.15) is 0 Å². The first-order valence-corrected chi connectivity index (χ1v) is 5.29. The van der Waals surface area contributed by atoms with Crippen molar-refractivity contribution in [1.29, 1.82) is 0 Å². The molecule has 84 valence electrons. The van der Waals surface area contributed by atoms with Gasteiger partial charge in [-0.3, -0.25) is 0 Å². The Morgan fingerprint density at radius 2 is 2.20 bits per heavy atom. The van der Waals surface area contributed by atoms with E-state index in [2.05, 4.69) is 0 Å². The highest BCUT2D eigenvalue weighted by Crippen LogP contribution is 2.30. The summed E-state index contributed by atoms with van der Waals surface area (Å²) in [5.74, 6) is 0.178. The molecule has 1 aromatic rings. The highest BCUT2D eigenvalue weighted by Gasteiger charge is 2.14. The molecule has 1 aromatic carbocycles. The normalized spacial score (nSPS) is 12.6. The summed E-state index contributed by atoms with van der Waals surface area (Å²) < 4.78 is 18.6. The molecule has 0 amide bonds. The van der Waals surface area contributed by atoms with E-state index < -0.39 is 5.82 Å². The number of hydrogen-bond donors (Lipinski definition) is 1. The molecule has 1 unspecified atom stereocenters. The molecule has 0 aromatic heterocycles. The molecule has 0 bridgehead atoms. The minimum Gasteiger partial charge on any atom is -0.494 e. The van der Waals surface area contributed by atoms with Crippen molar-refractivity contribution in [3.05, 3.63) is 28.5 Å². The van der Waals surface area contributed by atoms with Crippen LogP contribution in [0.2, 0.25) is 5.02 Å². The molecule has 1 atom stereocenters. The lowest BCUT2D eigenvalue weighted by atomic mass is 10.1. The van der Waals surface area contributed by atoms with Gasteiger partial charge in [-0.25, -0.2) is 4.39 Å². The fourth-order valence-corrected chi connectivity index (χ4v) is 1.61. The molecule has 2 N–H and O–H groups in total. The smallest absolute Gasteiger partial charge is 0.142 e. The molecule has 0 aliphatic carbocycles. The molecule has 0 heterocycles. The van der Waals surface area contributed by atoms with Crippen LogP contribution in [-0.4, -0.2) is 12.6 Å². The SMILES string of the molecule is CCOc1ccc(F)c(Cl)c1CC(C)N. The molecular weight excluding hydrogens is 217 g/mol. The number of benzene rings is 1. The molecule has 0 fully saturated rings. The van der Waals surface area contributed by atoms with Crippen molar-refractivity contribution < 1.29 is 9.13 Å². The van der Waals surface area contributed by atoms with Gasteiger partial charge in [-0.15, -0.1) is 0 Å². The maximum atomic E-state index is 13.2. The van der Waals surface area contributed by atoms with Gasteiger partial charge in [0.05, 0.1) is 11.6 Å². The predicted octanol–water partition coefficient (Wildman–Crippen LogP) is 2.77. The number of hydrogen-bond acceptors (Lipinski definition) is 2. The molecule has 4 heteroatoms. The van der Waals surface area contributed by atoms with Gasteiger partial charge in [0.2, 0.25) is 0 Å². The Kier molecular flexibility index (Phi) is 4.36. The summed E-state index contributed by atoms with van der Waals surface area (Å²) in [6.07, 6.45) is 0.506. The fraction of sp³-hybridized carbons (Fsp3) is 0.455. The lowest BCUT2D eigenvalue weighted by molar-refractivity contribution is 0.335. The third kappa shape index (κ3) is 3.08. The summed E-state index contributed by atoms with van der Waals surface area (Å²) in [6.45, 7) is 4.23. The van der Waals surface area contributed by atoms with Crippen LogP contribution in [0.25, 0.3) is 0 Å². The predicted molar refractivity (Wildman–Crippen MR) is 59.9 cm³/mol. The van der Waals surface area contributed by atoms with Crippen molar-refractivity contribution in [2.24, 2.45) is 5.73 Å². The number of halogens is 2. The van der Waals surface area contributed by atoms with Crippen LogP contribution in [0, 0.1) is 5.82 Å². The van der Waals surface area contributed by atoms with E-state index in [-0.39, 0.29) is 11.1 Å². The first-order chi connectivity index (χ1) is 7.06. The molecular formula is C11H15ClFNO. The van der Waals surface area contributed by atoms with Crippen LogP contribution in [-0.2, 0) is 6.42 Å². The van der Waals surface area contributed by atoms with Gasteiger partial charge in [0.25, 0.3) is 0 Å². The lowest BCUT2D eigenvalue weighted by Gasteiger charge is -2.14. The van der Waals surface area contributed by atoms with Gasteiger partial charge in [0.1, 0.15) is 11.6 Å². The Hall–Kier alpha value is -0.800. The molecule has 0 aliphatic rings. The van der Waals surface area contributed by atoms with Crippen LogP contribution in [0.15, 0.2) is 12.1 Å². The molecule has 0 aliphatic heterocycles. The fourth-order valence-electron chi connectivity index (χ4n) is 1.38. The lowest BCUT2D eigenvalue weighted by Crippen LogP contribution is -2.19. The summed E-state index contributed by atoms with van der Waals surface area (Å²) in [5, 5.41) is 0.109. The topological polar surface area (TPSA) is 35.2 Å². The molecule has 0 radical (unpaired) electrons. The van der Waals surface area contributed by atoms with Crippen LogP contribution in [0.5, 0.6) is 5.75 Å². The Morgan fingerprint density at radius 3 is 2.73 bits per heavy atom. The van der Waals surface area contributed by atoms with Crippen molar-refractivity contribution in [2.75, 3.05) is 6.61 Å². The largest absolute Gasteiger partial charge is 0.494 e. The van der Waals surface area contributed by atoms with Crippen molar-refractivity contribution >= 4 is 11.6 Å². The zero-order valence-corrected chi connectivity index (χ0v) is 9.64. The third-order valence-corrected chi connectivity index (χ3v) is 2.39. The van der Waals surface area contributed by atoms with Crippen LogP contribution in [0.4, 0.5) is 4.39 Å². The van der Waals surface area contributed by atoms with Gasteiger partial charge in [-0.05, 0) is 32.4 Å². The molecule has 15 heavy (non-hydrogen) atoms. The maximum absolute atomic E-state index is 13.2. The summed E-state index contributed by atoms with van der Waals surface area (Å²) >= 11 is 5.87. The van der Waals surface area contributed by atoms with E-state index in [1.807, 2.05) is 13.8 Å². The highest BCUT2D eigenvalue weighted by molar-refractivity contribution is 6.31. The molecule has 2 nitrogen and oxygen atoms in total. The van der Waals surface area contributed by atoms with Crippen LogP contribution in [0.3, 0.4) is 0 Å². The van der Waals surface area contributed by atoms with Crippen LogP contribution < -0.4 is 10.5 Å². The average molecular weight is 232 g/mol. The second kappa shape index (κ2) is 5.33. The summed E-state index contributed by atoms with van der Waals surface area (Å²) in [7, 11) is 0. The van der Waals surface area contributed by atoms with Crippen LogP contribution >= 0.6 is 11.6 Å². The van der Waals surface area contributed by atoms with Crippen molar-refractivity contribution in [1.82, 2.24) is 0 Å². The highest BCUT2D eigenvalue weighted by atomic mass is 35.5. The second-order valence-electron chi connectivity index (χ2n) is 3.45. The van der Waals surface area contributed by atoms with Gasteiger partial charge < -0.3 is 10.5 Å². The minimum absolute atomic E-state index is 0.0801. The minimum atomic E-state index is -0.434. The maximum Gasteiger partial charge on any atom is 0.142 e. The third-order valence-electron chi connectivity index (χ3n) is 1.98. The van der Waals surface area contributed by atoms with Gasteiger partial charge in [0, 0.05) is 11.6 Å². The molecule has 0 spiro atoms. The van der Waals surface area contributed by atoms with Crippen LogP contribution in [0.1, 0.15) is 19.4 Å². The quantitative estimate of drug-likeness (QED) is 0.865. The van der Waals surface area contributed by atoms with E-state index in [1.165, 1.54) is 6.07 Å². The first-order valence-electron chi connectivity index (χ1n) is 4.91. The first kappa shape index (κ1) is 12.3. The van der Waals surface area contributed by atoms with E-state index in [0.717, 1.165) is 0 Å². The van der Waals surface area contributed by atoms with Crippen molar-refractivity contribution in [3.63, 3.8) is 0 Å². The van der Waals surface area contributed by atoms with E-state index in [0.29, 0.717) is 24.3 Å². The van der Waals surface area contributed by atoms with Gasteiger partial charge in [-0.1, -0.05) is 11.6 Å². The Balaban J connectivity index is 3.10. The number of ether oxygens (including phenoxy) is 1. The number of rotatable bonds is 4. The van der Waals surface area contributed by atoms with Gasteiger partial charge >= 0.3 is 0 Å². The Bertz CT molecular complexity index is 342. The monoisotopic (exact) mass is 231 g/mol. The second-order valence-corrected chi connectivity index (χ2v) is 3.83. The van der Waals surface area contributed by atoms with E-state index >= 15 is 0 Å². The zero-order chi connectivity index (χ0) is 11.4. The average Bonchev–Trinajstić information content (AvgIpc) is 2.17. The van der Waals surface area contributed by atoms with E-state index in [4.69, 9.17) is 22.1 Å². The Labute approximate surface area is 94.2 Å². The summed E-state index contributed by atoms with van der Waals surface area (Å²) in [5.41, 5.74) is 6.32. The van der Waals surface area contributed by atoms with Crippen molar-refractivity contribution in [3.8, 4) is 5.75 Å². The molecule has 1 rings (SSSR count). The molecule has 0 saturated heterocycles. The molecule has 0 saturated carbocycles. The van der Waals surface area contributed by atoms with Gasteiger partial charge in [0.15, 0.2) is 0 Å². The summed E-state index contributed by atoms with van der Waals surface area (Å²) in [6, 6.07) is 2.81. The van der Waals surface area contributed by atoms with Crippen molar-refractivity contribution in [2.45, 2.75) is 26.3 Å². The van der Waals surface area contributed by atoms with E-state index in [1.54, 1.807) is 6.07 Å².